The molecule has 4 heteroatoms. The van der Waals surface area contributed by atoms with Gasteiger partial charge in [0, 0.05) is 15.3 Å². The predicted molar refractivity (Wildman–Crippen MR) is 60.2 cm³/mol. The summed E-state index contributed by atoms with van der Waals surface area (Å²) in [4.78, 5) is 10.2. The summed E-state index contributed by atoms with van der Waals surface area (Å²) < 4.78 is 0.989. The molecule has 0 saturated carbocycles. The fourth-order valence-corrected chi connectivity index (χ4v) is 1.62. The molecule has 3 nitrogen and oxygen atoms in total. The first-order valence-electron chi connectivity index (χ1n) is 3.55. The minimum Gasteiger partial charge on any atom is -0.478 e. The molecule has 0 aliphatic rings. The minimum atomic E-state index is -0.961. The topological polar surface area (TPSA) is 63.3 Å². The number of carbonyl (C=O) groups is 1. The van der Waals surface area contributed by atoms with Gasteiger partial charge in [0.25, 0.3) is 0 Å². The number of carboxylic acids is 1. The third-order valence-corrected chi connectivity index (χ3v) is 1.98. The van der Waals surface area contributed by atoms with E-state index < -0.39 is 5.97 Å². The third-order valence-electron chi connectivity index (χ3n) is 1.36. The van der Waals surface area contributed by atoms with Crippen molar-refractivity contribution in [3.63, 3.8) is 0 Å². The van der Waals surface area contributed by atoms with Crippen molar-refractivity contribution in [1.29, 1.82) is 0 Å². The van der Waals surface area contributed by atoms with Crippen LogP contribution < -0.4 is 5.73 Å². The van der Waals surface area contributed by atoms with Gasteiger partial charge in [0.05, 0.1) is 0 Å². The number of hydrogen-bond acceptors (Lipinski definition) is 2. The molecule has 0 bridgehead atoms. The Balaban J connectivity index is 2.95. The average Bonchev–Trinajstić information content (AvgIpc) is 1.99. The second kappa shape index (κ2) is 4.27. The summed E-state index contributed by atoms with van der Waals surface area (Å²) in [7, 11) is 0. The molecule has 68 valence electrons. The number of hydrogen-bond donors (Lipinski definition) is 2. The van der Waals surface area contributed by atoms with Gasteiger partial charge in [0.1, 0.15) is 0 Å². The minimum absolute atomic E-state index is 0.636. The van der Waals surface area contributed by atoms with Crippen molar-refractivity contribution in [2.45, 2.75) is 0 Å². The average molecular weight is 289 g/mol. The summed E-state index contributed by atoms with van der Waals surface area (Å²) in [6.07, 6.45) is 2.60. The fraction of sp³-hybridized carbons (Fsp3) is 0. The van der Waals surface area contributed by atoms with E-state index in [4.69, 9.17) is 10.8 Å². The highest BCUT2D eigenvalue weighted by Crippen LogP contribution is 2.14. The van der Waals surface area contributed by atoms with Crippen LogP contribution in [0, 0.1) is 3.57 Å². The van der Waals surface area contributed by atoms with Crippen LogP contribution in [-0.4, -0.2) is 11.1 Å². The lowest BCUT2D eigenvalue weighted by atomic mass is 10.2. The SMILES string of the molecule is Nc1cc(I)cc(/C=C/C(=O)O)c1. The second-order valence-corrected chi connectivity index (χ2v) is 3.74. The largest absolute Gasteiger partial charge is 0.478 e. The Morgan fingerprint density at radius 1 is 1.46 bits per heavy atom. The first-order chi connectivity index (χ1) is 6.08. The Hall–Kier alpha value is -1.04. The number of anilines is 1. The normalized spacial score (nSPS) is 10.5. The number of carboxylic acid groups (broad SMARTS) is 1. The van der Waals surface area contributed by atoms with Crippen molar-refractivity contribution in [3.05, 3.63) is 33.4 Å². The zero-order chi connectivity index (χ0) is 9.84. The van der Waals surface area contributed by atoms with E-state index in [0.717, 1.165) is 15.2 Å². The predicted octanol–water partition coefficient (Wildman–Crippen LogP) is 1.97. The Morgan fingerprint density at radius 3 is 2.69 bits per heavy atom. The first kappa shape index (κ1) is 10.0. The van der Waals surface area contributed by atoms with Crippen LogP contribution >= 0.6 is 22.6 Å². The highest BCUT2D eigenvalue weighted by Gasteiger charge is 1.94. The van der Waals surface area contributed by atoms with Gasteiger partial charge in [-0.25, -0.2) is 4.79 Å². The van der Waals surface area contributed by atoms with E-state index in [9.17, 15) is 4.79 Å². The van der Waals surface area contributed by atoms with Crippen LogP contribution in [0.5, 0.6) is 0 Å². The zero-order valence-corrected chi connectivity index (χ0v) is 8.86. The second-order valence-electron chi connectivity index (χ2n) is 2.49. The summed E-state index contributed by atoms with van der Waals surface area (Å²) >= 11 is 2.13. The molecule has 0 atom stereocenters. The number of rotatable bonds is 2. The number of halogens is 1. The molecule has 0 aliphatic heterocycles. The molecule has 0 saturated heterocycles. The van der Waals surface area contributed by atoms with Gasteiger partial charge in [-0.15, -0.1) is 0 Å². The van der Waals surface area contributed by atoms with Gasteiger partial charge in [-0.1, -0.05) is 0 Å². The lowest BCUT2D eigenvalue weighted by Gasteiger charge is -1.97. The molecule has 0 amide bonds. The van der Waals surface area contributed by atoms with Crippen molar-refractivity contribution in [2.75, 3.05) is 5.73 Å². The lowest BCUT2D eigenvalue weighted by molar-refractivity contribution is -0.131. The van der Waals surface area contributed by atoms with Gasteiger partial charge in [0.15, 0.2) is 0 Å². The van der Waals surface area contributed by atoms with Crippen LogP contribution in [0.3, 0.4) is 0 Å². The molecule has 0 fully saturated rings. The maximum absolute atomic E-state index is 10.2. The molecule has 3 N–H and O–H groups in total. The van der Waals surface area contributed by atoms with Crippen molar-refractivity contribution in [2.24, 2.45) is 0 Å². The maximum Gasteiger partial charge on any atom is 0.328 e. The Bertz CT molecular complexity index is 340. The van der Waals surface area contributed by atoms with Crippen LogP contribution in [0.25, 0.3) is 6.08 Å². The maximum atomic E-state index is 10.2. The summed E-state index contributed by atoms with van der Waals surface area (Å²) in [5.41, 5.74) is 7.01. The van der Waals surface area contributed by atoms with Crippen LogP contribution in [0.4, 0.5) is 5.69 Å². The molecule has 1 aromatic carbocycles. The molecule has 0 heterocycles. The summed E-state index contributed by atoms with van der Waals surface area (Å²) in [5, 5.41) is 8.39. The van der Waals surface area contributed by atoms with E-state index >= 15 is 0 Å². The van der Waals surface area contributed by atoms with Gasteiger partial charge in [-0.3, -0.25) is 0 Å². The van der Waals surface area contributed by atoms with E-state index in [1.54, 1.807) is 6.07 Å². The summed E-state index contributed by atoms with van der Waals surface area (Å²) in [6.45, 7) is 0. The van der Waals surface area contributed by atoms with Crippen molar-refractivity contribution < 1.29 is 9.90 Å². The molecular formula is C9H8INO2. The van der Waals surface area contributed by atoms with Crippen LogP contribution in [0.15, 0.2) is 24.3 Å². The van der Waals surface area contributed by atoms with Crippen LogP contribution in [0.1, 0.15) is 5.56 Å². The van der Waals surface area contributed by atoms with E-state index in [-0.39, 0.29) is 0 Å². The van der Waals surface area contributed by atoms with Gasteiger partial charge in [-0.05, 0) is 52.4 Å². The molecule has 1 aromatic rings. The Labute approximate surface area is 89.4 Å². The monoisotopic (exact) mass is 289 g/mol. The summed E-state index contributed by atoms with van der Waals surface area (Å²) in [6, 6.07) is 5.40. The molecule has 0 spiro atoms. The van der Waals surface area contributed by atoms with Crippen molar-refractivity contribution >= 4 is 40.3 Å². The summed E-state index contributed by atoms with van der Waals surface area (Å²) in [5.74, 6) is -0.961. The van der Waals surface area contributed by atoms with Crippen molar-refractivity contribution in [3.8, 4) is 0 Å². The number of nitrogen functional groups attached to an aromatic ring is 1. The Morgan fingerprint density at radius 2 is 2.15 bits per heavy atom. The number of benzene rings is 1. The first-order valence-corrected chi connectivity index (χ1v) is 4.63. The van der Waals surface area contributed by atoms with Crippen LogP contribution in [-0.2, 0) is 4.79 Å². The molecule has 13 heavy (non-hydrogen) atoms. The van der Waals surface area contributed by atoms with Gasteiger partial charge < -0.3 is 10.8 Å². The van der Waals surface area contributed by atoms with E-state index in [2.05, 4.69) is 22.6 Å². The number of aliphatic carboxylic acids is 1. The standard InChI is InChI=1S/C9H8INO2/c10-7-3-6(1-2-9(12)13)4-8(11)5-7/h1-5H,11H2,(H,12,13)/b2-1+. The number of nitrogens with two attached hydrogens (primary N) is 1. The quantitative estimate of drug-likeness (QED) is 0.497. The molecular weight excluding hydrogens is 281 g/mol. The molecule has 0 aromatic heterocycles. The lowest BCUT2D eigenvalue weighted by Crippen LogP contribution is -1.89. The van der Waals surface area contributed by atoms with Gasteiger partial charge in [-0.2, -0.15) is 0 Å². The highest BCUT2D eigenvalue weighted by atomic mass is 127. The molecule has 0 radical (unpaired) electrons. The third kappa shape index (κ3) is 3.45. The van der Waals surface area contributed by atoms with Crippen LogP contribution in [0.2, 0.25) is 0 Å². The molecule has 1 rings (SSSR count). The van der Waals surface area contributed by atoms with E-state index in [1.165, 1.54) is 6.08 Å². The molecule has 0 aliphatic carbocycles. The highest BCUT2D eigenvalue weighted by molar-refractivity contribution is 14.1. The Kier molecular flexibility index (Phi) is 3.30. The zero-order valence-electron chi connectivity index (χ0n) is 6.70. The van der Waals surface area contributed by atoms with Gasteiger partial charge in [0.2, 0.25) is 0 Å². The van der Waals surface area contributed by atoms with Crippen molar-refractivity contribution in [1.82, 2.24) is 0 Å². The molecule has 0 unspecified atom stereocenters. The smallest absolute Gasteiger partial charge is 0.328 e. The van der Waals surface area contributed by atoms with E-state index in [0.29, 0.717) is 5.69 Å². The van der Waals surface area contributed by atoms with E-state index in [1.807, 2.05) is 12.1 Å². The fourth-order valence-electron chi connectivity index (χ4n) is 0.900. The van der Waals surface area contributed by atoms with Gasteiger partial charge >= 0.3 is 5.97 Å².